The molecule has 4 N–H and O–H groups in total. The van der Waals surface area contributed by atoms with Gasteiger partial charge in [0.25, 0.3) is 0 Å². The number of rotatable bonds is 8. The van der Waals surface area contributed by atoms with Crippen LogP contribution < -0.4 is 10.6 Å². The molecule has 0 fully saturated rings. The fourth-order valence-electron chi connectivity index (χ4n) is 1.18. The summed E-state index contributed by atoms with van der Waals surface area (Å²) in [4.78, 5) is 32.8. The SMILES string of the molecule is CCC(C)(C)CNC(=O)NC(CCC(=O)O)C(=O)O. The van der Waals surface area contributed by atoms with E-state index in [-0.39, 0.29) is 18.3 Å². The Morgan fingerprint density at radius 3 is 2.21 bits per heavy atom. The minimum absolute atomic E-state index is 0.0723. The molecular formula is C12H22N2O5. The molecule has 0 aliphatic heterocycles. The molecule has 0 rings (SSSR count). The predicted octanol–water partition coefficient (Wildman–Crippen LogP) is 1.04. The van der Waals surface area contributed by atoms with Gasteiger partial charge in [-0.25, -0.2) is 9.59 Å². The van der Waals surface area contributed by atoms with Crippen molar-refractivity contribution in [1.29, 1.82) is 0 Å². The van der Waals surface area contributed by atoms with E-state index in [1.807, 2.05) is 20.8 Å². The number of carboxylic acid groups (broad SMARTS) is 2. The number of hydrogen-bond donors (Lipinski definition) is 4. The molecule has 0 aliphatic rings. The third-order valence-electron chi connectivity index (χ3n) is 2.93. The maximum Gasteiger partial charge on any atom is 0.326 e. The standard InChI is InChI=1S/C12H22N2O5/c1-4-12(2,3)7-13-11(19)14-8(10(17)18)5-6-9(15)16/h8H,4-7H2,1-3H3,(H,15,16)(H,17,18)(H2,13,14,19). The van der Waals surface area contributed by atoms with Crippen molar-refractivity contribution in [3.05, 3.63) is 0 Å². The minimum atomic E-state index is -1.24. The zero-order chi connectivity index (χ0) is 15.1. The molecule has 0 aromatic rings. The molecule has 110 valence electrons. The predicted molar refractivity (Wildman–Crippen MR) is 68.9 cm³/mol. The van der Waals surface area contributed by atoms with Gasteiger partial charge >= 0.3 is 18.0 Å². The van der Waals surface area contributed by atoms with E-state index in [1.165, 1.54) is 0 Å². The largest absolute Gasteiger partial charge is 0.481 e. The summed E-state index contributed by atoms with van der Waals surface area (Å²) in [5.74, 6) is -2.34. The fraction of sp³-hybridized carbons (Fsp3) is 0.750. The molecule has 0 saturated heterocycles. The fourth-order valence-corrected chi connectivity index (χ4v) is 1.18. The van der Waals surface area contributed by atoms with Crippen molar-refractivity contribution in [3.8, 4) is 0 Å². The number of hydrogen-bond acceptors (Lipinski definition) is 3. The second-order valence-electron chi connectivity index (χ2n) is 5.17. The number of carboxylic acids is 2. The molecule has 0 aromatic carbocycles. The van der Waals surface area contributed by atoms with Crippen LogP contribution in [0, 0.1) is 5.41 Å². The molecule has 0 aliphatic carbocycles. The Balaban J connectivity index is 4.25. The Labute approximate surface area is 112 Å². The summed E-state index contributed by atoms with van der Waals surface area (Å²) >= 11 is 0. The molecule has 1 unspecified atom stereocenters. The third-order valence-corrected chi connectivity index (χ3v) is 2.93. The van der Waals surface area contributed by atoms with Gasteiger partial charge in [-0.2, -0.15) is 0 Å². The normalized spacial score (nSPS) is 12.6. The summed E-state index contributed by atoms with van der Waals surface area (Å²) in [5.41, 5.74) is -0.0723. The van der Waals surface area contributed by atoms with Gasteiger partial charge in [0.1, 0.15) is 6.04 Å². The molecule has 0 bridgehead atoms. The van der Waals surface area contributed by atoms with Crippen LogP contribution in [0.1, 0.15) is 40.0 Å². The number of amides is 2. The maximum atomic E-state index is 11.5. The van der Waals surface area contributed by atoms with Crippen molar-refractivity contribution in [2.45, 2.75) is 46.1 Å². The first kappa shape index (κ1) is 17.2. The van der Waals surface area contributed by atoms with Gasteiger partial charge in [0, 0.05) is 13.0 Å². The molecule has 0 saturated carbocycles. The molecule has 7 nitrogen and oxygen atoms in total. The molecule has 7 heteroatoms. The van der Waals surface area contributed by atoms with Gasteiger partial charge in [-0.3, -0.25) is 4.79 Å². The summed E-state index contributed by atoms with van der Waals surface area (Å²) in [6, 6.07) is -1.79. The summed E-state index contributed by atoms with van der Waals surface area (Å²) in [7, 11) is 0. The summed E-state index contributed by atoms with van der Waals surface area (Å²) in [5, 5.41) is 22.2. The van der Waals surface area contributed by atoms with Gasteiger partial charge in [0.05, 0.1) is 0 Å². The number of aliphatic carboxylic acids is 2. The highest BCUT2D eigenvalue weighted by atomic mass is 16.4. The van der Waals surface area contributed by atoms with Crippen LogP contribution in [0.15, 0.2) is 0 Å². The van der Waals surface area contributed by atoms with Gasteiger partial charge in [-0.05, 0) is 18.3 Å². The first-order valence-electron chi connectivity index (χ1n) is 6.17. The Morgan fingerprint density at radius 2 is 1.79 bits per heavy atom. The van der Waals surface area contributed by atoms with Crippen molar-refractivity contribution in [3.63, 3.8) is 0 Å². The van der Waals surface area contributed by atoms with E-state index in [0.717, 1.165) is 6.42 Å². The third kappa shape index (κ3) is 8.01. The molecule has 19 heavy (non-hydrogen) atoms. The van der Waals surface area contributed by atoms with E-state index in [0.29, 0.717) is 6.54 Å². The van der Waals surface area contributed by atoms with E-state index in [1.54, 1.807) is 0 Å². The lowest BCUT2D eigenvalue weighted by atomic mass is 9.90. The highest BCUT2D eigenvalue weighted by molar-refractivity contribution is 5.83. The number of urea groups is 1. The maximum absolute atomic E-state index is 11.5. The zero-order valence-corrected chi connectivity index (χ0v) is 11.5. The Hall–Kier alpha value is -1.79. The topological polar surface area (TPSA) is 116 Å². The Bertz CT molecular complexity index is 341. The minimum Gasteiger partial charge on any atom is -0.481 e. The lowest BCUT2D eigenvalue weighted by Crippen LogP contribution is -2.48. The average Bonchev–Trinajstić information content (AvgIpc) is 2.31. The Kier molecular flexibility index (Phi) is 6.89. The van der Waals surface area contributed by atoms with Gasteiger partial charge < -0.3 is 20.8 Å². The monoisotopic (exact) mass is 274 g/mol. The first-order chi connectivity index (χ1) is 8.68. The number of nitrogens with one attached hydrogen (secondary N) is 2. The molecular weight excluding hydrogens is 252 g/mol. The van der Waals surface area contributed by atoms with Crippen molar-refractivity contribution in [1.82, 2.24) is 10.6 Å². The highest BCUT2D eigenvalue weighted by Crippen LogP contribution is 2.17. The van der Waals surface area contributed by atoms with E-state index in [4.69, 9.17) is 10.2 Å². The molecule has 1 atom stereocenters. The van der Waals surface area contributed by atoms with Crippen LogP contribution in [-0.4, -0.2) is 40.8 Å². The van der Waals surface area contributed by atoms with Gasteiger partial charge in [0.2, 0.25) is 0 Å². The number of carbonyl (C=O) groups is 3. The van der Waals surface area contributed by atoms with Crippen LogP contribution in [0.2, 0.25) is 0 Å². The molecule has 2 amide bonds. The van der Waals surface area contributed by atoms with Crippen LogP contribution in [0.25, 0.3) is 0 Å². The van der Waals surface area contributed by atoms with Crippen LogP contribution in [0.3, 0.4) is 0 Å². The van der Waals surface area contributed by atoms with Crippen LogP contribution >= 0.6 is 0 Å². The Morgan fingerprint density at radius 1 is 1.21 bits per heavy atom. The first-order valence-corrected chi connectivity index (χ1v) is 6.17. The van der Waals surface area contributed by atoms with Gasteiger partial charge in [-0.1, -0.05) is 20.8 Å². The van der Waals surface area contributed by atoms with Crippen molar-refractivity contribution < 1.29 is 24.6 Å². The molecule has 0 heterocycles. The molecule has 0 aromatic heterocycles. The quantitative estimate of drug-likeness (QED) is 0.528. The molecule has 0 spiro atoms. The summed E-state index contributed by atoms with van der Waals surface area (Å²) in [6.45, 7) is 6.37. The van der Waals surface area contributed by atoms with Crippen molar-refractivity contribution in [2.75, 3.05) is 6.54 Å². The smallest absolute Gasteiger partial charge is 0.326 e. The summed E-state index contributed by atoms with van der Waals surface area (Å²) in [6.07, 6.45) is 0.418. The zero-order valence-electron chi connectivity index (χ0n) is 11.5. The van der Waals surface area contributed by atoms with Crippen molar-refractivity contribution >= 4 is 18.0 Å². The van der Waals surface area contributed by atoms with Gasteiger partial charge in [-0.15, -0.1) is 0 Å². The summed E-state index contributed by atoms with van der Waals surface area (Å²) < 4.78 is 0. The lowest BCUT2D eigenvalue weighted by molar-refractivity contribution is -0.140. The van der Waals surface area contributed by atoms with Crippen LogP contribution in [-0.2, 0) is 9.59 Å². The molecule has 0 radical (unpaired) electrons. The highest BCUT2D eigenvalue weighted by Gasteiger charge is 2.22. The van der Waals surface area contributed by atoms with Crippen LogP contribution in [0.5, 0.6) is 0 Å². The van der Waals surface area contributed by atoms with E-state index < -0.39 is 24.0 Å². The number of carbonyl (C=O) groups excluding carboxylic acids is 1. The second-order valence-corrected chi connectivity index (χ2v) is 5.17. The lowest BCUT2D eigenvalue weighted by Gasteiger charge is -2.23. The van der Waals surface area contributed by atoms with Crippen molar-refractivity contribution in [2.24, 2.45) is 5.41 Å². The average molecular weight is 274 g/mol. The van der Waals surface area contributed by atoms with E-state index in [9.17, 15) is 14.4 Å². The van der Waals surface area contributed by atoms with Gasteiger partial charge in [0.15, 0.2) is 0 Å². The van der Waals surface area contributed by atoms with E-state index >= 15 is 0 Å². The van der Waals surface area contributed by atoms with Crippen LogP contribution in [0.4, 0.5) is 4.79 Å². The van der Waals surface area contributed by atoms with E-state index in [2.05, 4.69) is 10.6 Å². The second kappa shape index (κ2) is 7.60.